The van der Waals surface area contributed by atoms with Crippen molar-refractivity contribution in [1.82, 2.24) is 9.97 Å². The summed E-state index contributed by atoms with van der Waals surface area (Å²) in [6.45, 7) is 35.6. The summed E-state index contributed by atoms with van der Waals surface area (Å²) in [5, 5.41) is 10.4. The number of hydrogen-bond donors (Lipinski definition) is 1. The van der Waals surface area contributed by atoms with Crippen molar-refractivity contribution in [3.05, 3.63) is 42.3 Å². The van der Waals surface area contributed by atoms with Crippen LogP contribution in [-0.4, -0.2) is 97.8 Å². The average Bonchev–Trinajstić information content (AvgIpc) is 2.44. The van der Waals surface area contributed by atoms with E-state index in [-0.39, 0.29) is 6.10 Å². The minimum absolute atomic E-state index is 0.200. The molecule has 2 rings (SSSR count). The minimum Gasteiger partial charge on any atom is -0.481 e. The quantitative estimate of drug-likeness (QED) is 0.0391. The molecule has 1 N–H and O–H groups in total. The van der Waals surface area contributed by atoms with E-state index in [0.717, 1.165) is 26.1 Å². The summed E-state index contributed by atoms with van der Waals surface area (Å²) in [6, 6.07) is 10.0. The van der Waals surface area contributed by atoms with E-state index in [4.69, 9.17) is 27.8 Å². The van der Waals surface area contributed by atoms with Gasteiger partial charge in [0.25, 0.3) is 0 Å². The Morgan fingerprint density at radius 2 is 0.671 bits per heavy atom. The lowest BCUT2D eigenvalue weighted by Gasteiger charge is -2.42. The van der Waals surface area contributed by atoms with Gasteiger partial charge >= 0.3 is 0 Å². The van der Waals surface area contributed by atoms with Gasteiger partial charge in [0.1, 0.15) is 6.10 Å². The van der Waals surface area contributed by atoms with Gasteiger partial charge in [0.2, 0.25) is 31.9 Å². The summed E-state index contributed by atoms with van der Waals surface area (Å²) >= 11 is 0. The van der Waals surface area contributed by atoms with Crippen LogP contribution in [0, 0.1) is 5.95 Å². The van der Waals surface area contributed by atoms with Crippen LogP contribution in [0.4, 0.5) is 4.39 Å². The number of pyridine rings is 2. The molecule has 13 heteroatoms. The molecule has 2 aromatic rings. The summed E-state index contributed by atoms with van der Waals surface area (Å²) in [6.07, 6.45) is 43.5. The van der Waals surface area contributed by atoms with E-state index in [1.165, 1.54) is 206 Å². The molecule has 2 atom stereocenters. The monoisotopic (exact) mass is 1240 g/mol. The first kappa shape index (κ1) is 82.9. The fourth-order valence-electron chi connectivity index (χ4n) is 12.8. The van der Waals surface area contributed by atoms with E-state index in [1.807, 2.05) is 18.2 Å². The molecule has 0 spiro atoms. The molecule has 0 amide bonds. The van der Waals surface area contributed by atoms with Gasteiger partial charge in [-0.25, -0.2) is 0 Å². The van der Waals surface area contributed by atoms with Crippen LogP contribution in [-0.2, 0) is 18.3 Å². The summed E-state index contributed by atoms with van der Waals surface area (Å²) in [5.41, 5.74) is 3.22. The lowest BCUT2D eigenvalue weighted by Crippen LogP contribution is -2.50. The summed E-state index contributed by atoms with van der Waals surface area (Å²) in [5.74, 6) is 0.890. The molecule has 0 saturated heterocycles. The molecule has 500 valence electrons. The van der Waals surface area contributed by atoms with E-state index in [0.29, 0.717) is 77.3 Å². The lowest BCUT2D eigenvalue weighted by atomic mass is 10.0. The van der Waals surface area contributed by atoms with Gasteiger partial charge in [0.15, 0.2) is 8.32 Å². The maximum absolute atomic E-state index is 12.2. The van der Waals surface area contributed by atoms with Crippen LogP contribution >= 0.6 is 0 Å². The first-order chi connectivity index (χ1) is 40.9. The number of rotatable bonds is 54. The number of aromatic nitrogens is 2. The van der Waals surface area contributed by atoms with Gasteiger partial charge in [0.05, 0.1) is 46.8 Å². The number of nitrogens with zero attached hydrogens (tertiary/aromatic N) is 2. The van der Waals surface area contributed by atoms with Crippen molar-refractivity contribution in [2.45, 2.75) is 348 Å². The van der Waals surface area contributed by atoms with Crippen molar-refractivity contribution in [3.8, 4) is 17.6 Å². The predicted molar refractivity (Wildman–Crippen MR) is 367 cm³/mol. The van der Waals surface area contributed by atoms with E-state index in [9.17, 15) is 9.50 Å². The van der Waals surface area contributed by atoms with Crippen molar-refractivity contribution >= 4 is 16.6 Å². The van der Waals surface area contributed by atoms with Crippen LogP contribution in [0.25, 0.3) is 0 Å². The Morgan fingerprint density at radius 3 is 0.988 bits per heavy atom. The number of halogens is 1. The van der Waals surface area contributed by atoms with Gasteiger partial charge in [-0.05, 0) is 52.2 Å². The molecule has 10 nitrogen and oxygen atoms in total. The zero-order valence-corrected chi connectivity index (χ0v) is 60.5. The van der Waals surface area contributed by atoms with Crippen LogP contribution < -0.4 is 14.2 Å². The van der Waals surface area contributed by atoms with Gasteiger partial charge in [-0.1, -0.05) is 302 Å². The molecule has 0 unspecified atom stereocenters. The van der Waals surface area contributed by atoms with Gasteiger partial charge in [-0.15, -0.1) is 0 Å². The maximum Gasteiger partial charge on any atom is 0.216 e. The third-order valence-corrected chi connectivity index (χ3v) is 29.6. The zero-order valence-electron chi connectivity index (χ0n) is 58.5. The largest absolute Gasteiger partial charge is 0.481 e. The molecular weight excluding hydrogens is 1100 g/mol. The molecule has 2 aromatic heterocycles. The second-order valence-electron chi connectivity index (χ2n) is 26.4. The number of aliphatic hydroxyl groups is 1. The molecular formula is C72H139FN2O8Si2. The van der Waals surface area contributed by atoms with E-state index in [1.54, 1.807) is 19.2 Å². The van der Waals surface area contributed by atoms with Gasteiger partial charge < -0.3 is 37.6 Å². The summed E-state index contributed by atoms with van der Waals surface area (Å²) in [4.78, 5) is 7.87. The van der Waals surface area contributed by atoms with E-state index >= 15 is 0 Å². The Hall–Kier alpha value is -2.14. The average molecular weight is 1240 g/mol. The SMILES string of the molecule is CCCCCCCCCCCCCCCCCCOC[C@@H](O)CO[Si](C(C)C)(C(C)C)C(C)C.CCCCCCCCCCCCCCCCCCOC[C@H](CO[Si](C(C)C)(C(C)C)C(C)C)Oc1cccc(OC)n1.COc1cccc(F)n1. The number of aliphatic hydroxyl groups excluding tert-OH is 1. The van der Waals surface area contributed by atoms with Crippen LogP contribution in [0.2, 0.25) is 33.2 Å². The molecule has 0 aromatic carbocycles. The fourth-order valence-corrected chi connectivity index (χ4v) is 23.8. The van der Waals surface area contributed by atoms with Gasteiger partial charge in [-0.3, -0.25) is 0 Å². The highest BCUT2D eigenvalue weighted by atomic mass is 28.4. The summed E-state index contributed by atoms with van der Waals surface area (Å²) < 4.78 is 53.6. The highest BCUT2D eigenvalue weighted by Crippen LogP contribution is 2.43. The van der Waals surface area contributed by atoms with E-state index < -0.39 is 28.7 Å². The standard InChI is InChI=1S/C36H69NO4Si.C30H64O3Si.C6H6FNO/c1-9-10-11-12-13-14-15-16-17-18-19-20-21-22-23-24-28-39-29-34(41-36-27-25-26-35(37-36)38-8)30-40-42(31(2)3,32(4)5)33(6)7;1-8-9-10-11-12-13-14-15-16-17-18-19-20-21-22-23-24-32-25-30(31)26-33-34(27(2)3,28(4)5)29(6)7;1-9-6-4-2-3-5(7)8-6/h25-27,31-34H,9-24,28-30H2,1-8H3;27-31H,8-26H2,1-7H3;2-4H,1H3/t34-;30-;/m11./s1. The second kappa shape index (κ2) is 54.8. The molecule has 0 saturated carbocycles. The Labute approximate surface area is 527 Å². The fraction of sp³-hybridized carbons (Fsp3) is 0.861. The number of hydrogen-bond acceptors (Lipinski definition) is 10. The normalized spacial score (nSPS) is 12.8. The van der Waals surface area contributed by atoms with Crippen LogP contribution in [0.5, 0.6) is 17.6 Å². The number of ether oxygens (including phenoxy) is 5. The second-order valence-corrected chi connectivity index (χ2v) is 37.3. The lowest BCUT2D eigenvalue weighted by molar-refractivity contribution is 0.00724. The Morgan fingerprint density at radius 1 is 0.376 bits per heavy atom. The van der Waals surface area contributed by atoms with Crippen molar-refractivity contribution < 1.29 is 42.0 Å². The first-order valence-electron chi connectivity index (χ1n) is 35.3. The topological polar surface area (TPSA) is 111 Å². The smallest absolute Gasteiger partial charge is 0.216 e. The molecule has 0 radical (unpaired) electrons. The van der Waals surface area contributed by atoms with Gasteiger partial charge in [-0.2, -0.15) is 14.4 Å². The predicted octanol–water partition coefficient (Wildman–Crippen LogP) is 22.4. The third-order valence-electron chi connectivity index (χ3n) is 17.5. The number of methoxy groups -OCH3 is 2. The molecule has 0 aliphatic carbocycles. The van der Waals surface area contributed by atoms with Crippen molar-refractivity contribution in [2.75, 3.05) is 53.9 Å². The third kappa shape index (κ3) is 40.3. The van der Waals surface area contributed by atoms with E-state index in [2.05, 4.69) is 112 Å². The highest BCUT2D eigenvalue weighted by Gasteiger charge is 2.46. The Bertz CT molecular complexity index is 1710. The Kier molecular flexibility index (Phi) is 53.4. The molecule has 0 aliphatic heterocycles. The van der Waals surface area contributed by atoms with Crippen molar-refractivity contribution in [3.63, 3.8) is 0 Å². The van der Waals surface area contributed by atoms with Crippen molar-refractivity contribution in [1.29, 1.82) is 0 Å². The maximum atomic E-state index is 12.2. The zero-order chi connectivity index (χ0) is 63.4. The highest BCUT2D eigenvalue weighted by molar-refractivity contribution is 6.78. The first-order valence-corrected chi connectivity index (χ1v) is 39.6. The molecule has 2 heterocycles. The molecule has 0 bridgehead atoms. The van der Waals surface area contributed by atoms with Crippen LogP contribution in [0.15, 0.2) is 36.4 Å². The van der Waals surface area contributed by atoms with Crippen LogP contribution in [0.3, 0.4) is 0 Å². The summed E-state index contributed by atoms with van der Waals surface area (Å²) in [7, 11) is -0.827. The molecule has 0 aliphatic rings. The number of unbranched alkanes of at least 4 members (excludes halogenated alkanes) is 30. The van der Waals surface area contributed by atoms with Crippen LogP contribution in [0.1, 0.15) is 302 Å². The van der Waals surface area contributed by atoms with Gasteiger partial charge in [0, 0.05) is 31.4 Å². The minimum atomic E-state index is -2.00. The van der Waals surface area contributed by atoms with Crippen molar-refractivity contribution in [2.24, 2.45) is 0 Å². The molecule has 85 heavy (non-hydrogen) atoms. The Balaban J connectivity index is 0.00000146. The molecule has 0 fully saturated rings.